The number of amides is 2. The summed E-state index contributed by atoms with van der Waals surface area (Å²) in [6.45, 7) is 3.06. The van der Waals surface area contributed by atoms with Crippen LogP contribution in [0.2, 0.25) is 15.1 Å². The predicted molar refractivity (Wildman–Crippen MR) is 169 cm³/mol. The first-order valence-corrected chi connectivity index (χ1v) is 16.5. The van der Waals surface area contributed by atoms with E-state index in [0.717, 1.165) is 35.6 Å². The van der Waals surface area contributed by atoms with Gasteiger partial charge >= 0.3 is 0 Å². The fraction of sp³-hybridized carbons (Fsp3) is 0.355. The summed E-state index contributed by atoms with van der Waals surface area (Å²) in [6.07, 6.45) is 4.16. The third-order valence-corrected chi connectivity index (χ3v) is 10.1. The van der Waals surface area contributed by atoms with Crippen molar-refractivity contribution in [2.75, 3.05) is 10.8 Å². The van der Waals surface area contributed by atoms with Crippen LogP contribution in [0.1, 0.15) is 50.2 Å². The molecule has 0 bridgehead atoms. The Kier molecular flexibility index (Phi) is 10.8. The Balaban J connectivity index is 1.75. The van der Waals surface area contributed by atoms with Gasteiger partial charge in [0.1, 0.15) is 12.6 Å². The summed E-state index contributed by atoms with van der Waals surface area (Å²) in [5.41, 5.74) is 1.56. The minimum atomic E-state index is -4.27. The standard InChI is InChI=1S/C31H34Cl3N3O4S/c1-3-28(31(39)35-24-9-5-6-10-24)36(19-22-8-4-7-11-26(22)33)30(38)20-37(29-18-23(32)14-17-27(29)34)42(40,41)25-15-12-21(2)13-16-25/h4,7-8,11-18,24,28H,3,5-6,9-10,19-20H2,1-2H3,(H,35,39)/t28-/m0/s1. The summed E-state index contributed by atoms with van der Waals surface area (Å²) in [7, 11) is -4.27. The van der Waals surface area contributed by atoms with E-state index in [9.17, 15) is 18.0 Å². The number of aryl methyl sites for hydroxylation is 1. The summed E-state index contributed by atoms with van der Waals surface area (Å²) in [5, 5.41) is 3.88. The number of hydrogen-bond donors (Lipinski definition) is 1. The van der Waals surface area contributed by atoms with Gasteiger partial charge in [-0.05, 0) is 68.1 Å². The van der Waals surface area contributed by atoms with Gasteiger partial charge in [0.25, 0.3) is 10.0 Å². The lowest BCUT2D eigenvalue weighted by Crippen LogP contribution is -2.53. The van der Waals surface area contributed by atoms with Crippen LogP contribution in [0.5, 0.6) is 0 Å². The van der Waals surface area contributed by atoms with E-state index < -0.39 is 28.5 Å². The summed E-state index contributed by atoms with van der Waals surface area (Å²) < 4.78 is 29.0. The van der Waals surface area contributed by atoms with Gasteiger partial charge in [-0.3, -0.25) is 13.9 Å². The number of nitrogens with one attached hydrogen (secondary N) is 1. The van der Waals surface area contributed by atoms with Crippen LogP contribution in [0.3, 0.4) is 0 Å². The zero-order chi connectivity index (χ0) is 30.4. The molecule has 4 rings (SSSR count). The molecule has 0 radical (unpaired) electrons. The van der Waals surface area contributed by atoms with E-state index in [0.29, 0.717) is 17.0 Å². The quantitative estimate of drug-likeness (QED) is 0.242. The molecule has 0 unspecified atom stereocenters. The molecule has 0 heterocycles. The molecule has 1 saturated carbocycles. The van der Waals surface area contributed by atoms with Crippen LogP contribution >= 0.6 is 34.8 Å². The van der Waals surface area contributed by atoms with Gasteiger partial charge in [0, 0.05) is 22.6 Å². The molecule has 3 aromatic carbocycles. The molecule has 224 valence electrons. The second-order valence-electron chi connectivity index (χ2n) is 10.4. The van der Waals surface area contributed by atoms with Crippen molar-refractivity contribution in [3.8, 4) is 0 Å². The summed E-state index contributed by atoms with van der Waals surface area (Å²) >= 11 is 19.2. The molecule has 1 aliphatic rings. The molecule has 7 nitrogen and oxygen atoms in total. The van der Waals surface area contributed by atoms with Gasteiger partial charge < -0.3 is 10.2 Å². The first kappa shape index (κ1) is 32.1. The van der Waals surface area contributed by atoms with Crippen LogP contribution in [0.4, 0.5) is 5.69 Å². The third kappa shape index (κ3) is 7.59. The van der Waals surface area contributed by atoms with Crippen molar-refractivity contribution in [3.63, 3.8) is 0 Å². The maximum absolute atomic E-state index is 14.2. The number of halogens is 3. The molecule has 0 spiro atoms. The first-order valence-electron chi connectivity index (χ1n) is 13.9. The molecule has 1 aliphatic carbocycles. The second-order valence-corrected chi connectivity index (χ2v) is 13.6. The van der Waals surface area contributed by atoms with E-state index in [4.69, 9.17) is 34.8 Å². The molecule has 1 N–H and O–H groups in total. The monoisotopic (exact) mass is 649 g/mol. The molecule has 0 aliphatic heterocycles. The topological polar surface area (TPSA) is 86.8 Å². The number of rotatable bonds is 11. The van der Waals surface area contributed by atoms with Crippen LogP contribution in [0.25, 0.3) is 0 Å². The van der Waals surface area contributed by atoms with Crippen LogP contribution < -0.4 is 9.62 Å². The first-order chi connectivity index (χ1) is 20.0. The van der Waals surface area contributed by atoms with Crippen molar-refractivity contribution in [1.29, 1.82) is 0 Å². The third-order valence-electron chi connectivity index (χ3n) is 7.45. The van der Waals surface area contributed by atoms with E-state index in [-0.39, 0.29) is 39.1 Å². The lowest BCUT2D eigenvalue weighted by Gasteiger charge is -2.34. The van der Waals surface area contributed by atoms with Crippen molar-refractivity contribution < 1.29 is 18.0 Å². The maximum atomic E-state index is 14.2. The van der Waals surface area contributed by atoms with Crippen molar-refractivity contribution in [1.82, 2.24) is 10.2 Å². The Morgan fingerprint density at radius 2 is 1.62 bits per heavy atom. The predicted octanol–water partition coefficient (Wildman–Crippen LogP) is 7.02. The molecule has 42 heavy (non-hydrogen) atoms. The number of carbonyl (C=O) groups is 2. The fourth-order valence-electron chi connectivity index (χ4n) is 5.12. The largest absolute Gasteiger partial charge is 0.352 e. The maximum Gasteiger partial charge on any atom is 0.264 e. The van der Waals surface area contributed by atoms with Gasteiger partial charge in [0.15, 0.2) is 0 Å². The zero-order valence-electron chi connectivity index (χ0n) is 23.5. The SMILES string of the molecule is CC[C@@H](C(=O)NC1CCCC1)N(Cc1ccccc1Cl)C(=O)CN(c1cc(Cl)ccc1Cl)S(=O)(=O)c1ccc(C)cc1. The lowest BCUT2D eigenvalue weighted by molar-refractivity contribution is -0.140. The van der Waals surface area contributed by atoms with Gasteiger partial charge in [0.05, 0.1) is 15.6 Å². The van der Waals surface area contributed by atoms with E-state index >= 15 is 0 Å². The Morgan fingerprint density at radius 1 is 0.952 bits per heavy atom. The highest BCUT2D eigenvalue weighted by atomic mass is 35.5. The normalized spacial score (nSPS) is 14.4. The number of sulfonamides is 1. The van der Waals surface area contributed by atoms with Crippen molar-refractivity contribution in [3.05, 3.63) is 92.9 Å². The average molecular weight is 651 g/mol. The summed E-state index contributed by atoms with van der Waals surface area (Å²) in [5.74, 6) is -0.867. The number of carbonyl (C=O) groups excluding carboxylic acids is 2. The second kappa shape index (κ2) is 14.1. The van der Waals surface area contributed by atoms with Crippen LogP contribution in [-0.4, -0.2) is 43.8 Å². The highest BCUT2D eigenvalue weighted by Gasteiger charge is 2.35. The van der Waals surface area contributed by atoms with Crippen LogP contribution in [0.15, 0.2) is 71.6 Å². The lowest BCUT2D eigenvalue weighted by atomic mass is 10.1. The zero-order valence-corrected chi connectivity index (χ0v) is 26.6. The molecule has 2 amide bonds. The molecule has 0 saturated heterocycles. The molecule has 1 atom stereocenters. The molecule has 11 heteroatoms. The summed E-state index contributed by atoms with van der Waals surface area (Å²) in [6, 6.07) is 17.0. The number of hydrogen-bond acceptors (Lipinski definition) is 4. The van der Waals surface area contributed by atoms with Crippen molar-refractivity contribution >= 4 is 62.3 Å². The van der Waals surface area contributed by atoms with E-state index in [2.05, 4.69) is 5.32 Å². The molecule has 1 fully saturated rings. The van der Waals surface area contributed by atoms with Gasteiger partial charge in [-0.2, -0.15) is 0 Å². The van der Waals surface area contributed by atoms with Gasteiger partial charge in [-0.1, -0.05) is 90.5 Å². The molecule has 3 aromatic rings. The van der Waals surface area contributed by atoms with Gasteiger partial charge in [-0.25, -0.2) is 8.42 Å². The van der Waals surface area contributed by atoms with Crippen LogP contribution in [-0.2, 0) is 26.2 Å². The molecular formula is C31H34Cl3N3O4S. The van der Waals surface area contributed by atoms with Crippen molar-refractivity contribution in [2.45, 2.75) is 69.5 Å². The highest BCUT2D eigenvalue weighted by molar-refractivity contribution is 7.92. The average Bonchev–Trinajstić information content (AvgIpc) is 3.47. The van der Waals surface area contributed by atoms with Gasteiger partial charge in [-0.15, -0.1) is 0 Å². The molecule has 0 aromatic heterocycles. The smallest absolute Gasteiger partial charge is 0.264 e. The van der Waals surface area contributed by atoms with Crippen molar-refractivity contribution in [2.24, 2.45) is 0 Å². The Labute approximate surface area is 262 Å². The summed E-state index contributed by atoms with van der Waals surface area (Å²) in [4.78, 5) is 29.2. The van der Waals surface area contributed by atoms with E-state index in [1.807, 2.05) is 13.8 Å². The molecular weight excluding hydrogens is 617 g/mol. The Morgan fingerprint density at radius 3 is 2.26 bits per heavy atom. The van der Waals surface area contributed by atoms with Gasteiger partial charge in [0.2, 0.25) is 11.8 Å². The fourth-order valence-corrected chi connectivity index (χ4v) is 7.18. The minimum Gasteiger partial charge on any atom is -0.352 e. The Bertz CT molecular complexity index is 1530. The number of nitrogens with zero attached hydrogens (tertiary/aromatic N) is 2. The highest BCUT2D eigenvalue weighted by Crippen LogP contribution is 2.33. The Hall–Kier alpha value is -2.78. The van der Waals surface area contributed by atoms with Crippen LogP contribution in [0, 0.1) is 6.92 Å². The number of anilines is 1. The number of benzene rings is 3. The minimum absolute atomic E-state index is 0.0107. The van der Waals surface area contributed by atoms with E-state index in [1.165, 1.54) is 35.2 Å². The van der Waals surface area contributed by atoms with E-state index in [1.54, 1.807) is 36.4 Å².